The number of rotatable bonds is 3. The smallest absolute Gasteiger partial charge is 0.416 e. The Kier molecular flexibility index (Phi) is 5.51. The third kappa shape index (κ3) is 4.00. The van der Waals surface area contributed by atoms with Gasteiger partial charge in [-0.2, -0.15) is 13.2 Å². The quantitative estimate of drug-likeness (QED) is 0.506. The molecule has 3 aliphatic rings. The molecule has 0 aromatic heterocycles. The molecule has 2 aromatic carbocycles. The van der Waals surface area contributed by atoms with Crippen molar-refractivity contribution in [3.05, 3.63) is 94.1 Å². The van der Waals surface area contributed by atoms with Crippen LogP contribution in [0.1, 0.15) is 43.0 Å². The molecule has 2 aromatic rings. The average molecular weight is 466 g/mol. The molecule has 178 valence electrons. The third-order valence-corrected chi connectivity index (χ3v) is 7.34. The third-order valence-electron chi connectivity index (χ3n) is 7.34. The van der Waals surface area contributed by atoms with E-state index in [4.69, 9.17) is 4.74 Å². The molecule has 3 atom stereocenters. The minimum Gasteiger partial charge on any atom is -0.496 e. The van der Waals surface area contributed by atoms with Gasteiger partial charge in [0.25, 0.3) is 0 Å². The minimum absolute atomic E-state index is 0.0990. The molecule has 1 N–H and O–H groups in total. The number of hydrogen-bond donors (Lipinski definition) is 1. The van der Waals surface area contributed by atoms with E-state index in [1.54, 1.807) is 7.11 Å². The average Bonchev–Trinajstić information content (AvgIpc) is 2.77. The van der Waals surface area contributed by atoms with Gasteiger partial charge in [0.15, 0.2) is 0 Å². The topological polar surface area (TPSA) is 21.3 Å². The van der Waals surface area contributed by atoms with E-state index in [9.17, 15) is 13.2 Å². The molecule has 0 bridgehead atoms. The van der Waals surface area contributed by atoms with Crippen LogP contribution in [0.5, 0.6) is 5.75 Å². The van der Waals surface area contributed by atoms with Crippen molar-refractivity contribution in [2.75, 3.05) is 7.11 Å². The van der Waals surface area contributed by atoms with E-state index >= 15 is 0 Å². The van der Waals surface area contributed by atoms with Gasteiger partial charge in [0.1, 0.15) is 5.75 Å². The number of benzene rings is 2. The highest BCUT2D eigenvalue weighted by Gasteiger charge is 2.42. The van der Waals surface area contributed by atoms with E-state index in [1.165, 1.54) is 28.8 Å². The standard InChI is InChI=1S/C29H30F3NO/c1-17-16-28(2,3)33-23-12-11-22-26-19(8-6-10-24(26)34-4)15-20(27(22)25(17)23)13-18-7-5-9-21(14-18)29(30,31)32/h5-12,14,16,20,23,25,33H,13,15H2,1-4H3. The summed E-state index contributed by atoms with van der Waals surface area (Å²) < 4.78 is 45.9. The first-order valence-electron chi connectivity index (χ1n) is 11.8. The number of nitrogens with one attached hydrogen (secondary N) is 1. The lowest BCUT2D eigenvalue weighted by Crippen LogP contribution is -2.53. The molecule has 0 amide bonds. The molecule has 0 saturated carbocycles. The van der Waals surface area contributed by atoms with Gasteiger partial charge in [-0.3, -0.25) is 0 Å². The lowest BCUT2D eigenvalue weighted by molar-refractivity contribution is -0.137. The van der Waals surface area contributed by atoms with Gasteiger partial charge in [0.05, 0.1) is 12.7 Å². The fourth-order valence-corrected chi connectivity index (χ4v) is 6.20. The van der Waals surface area contributed by atoms with E-state index in [-0.39, 0.29) is 23.4 Å². The zero-order chi connectivity index (χ0) is 24.3. The van der Waals surface area contributed by atoms with Crippen LogP contribution in [0, 0.1) is 11.8 Å². The Bertz CT molecular complexity index is 1220. The maximum Gasteiger partial charge on any atom is 0.416 e. The fraction of sp³-hybridized carbons (Fsp3) is 0.379. The number of allylic oxidation sites excluding steroid dienone is 2. The van der Waals surface area contributed by atoms with Crippen LogP contribution in [0.4, 0.5) is 13.2 Å². The largest absolute Gasteiger partial charge is 0.496 e. The lowest BCUT2D eigenvalue weighted by Gasteiger charge is -2.46. The normalized spacial score (nSPS) is 25.3. The molecule has 0 fully saturated rings. The Hall–Kier alpha value is -2.79. The first kappa shape index (κ1) is 23.0. The molecular weight excluding hydrogens is 435 g/mol. The molecule has 1 aliphatic heterocycles. The Morgan fingerprint density at radius 2 is 1.88 bits per heavy atom. The van der Waals surface area contributed by atoms with Gasteiger partial charge in [-0.15, -0.1) is 0 Å². The number of halogens is 3. The van der Waals surface area contributed by atoms with Crippen LogP contribution in [-0.4, -0.2) is 18.7 Å². The zero-order valence-electron chi connectivity index (χ0n) is 20.0. The molecule has 5 rings (SSSR count). The summed E-state index contributed by atoms with van der Waals surface area (Å²) in [5.74, 6) is 1.11. The van der Waals surface area contributed by atoms with Gasteiger partial charge < -0.3 is 10.1 Å². The summed E-state index contributed by atoms with van der Waals surface area (Å²) in [5, 5.41) is 3.75. The van der Waals surface area contributed by atoms with Crippen LogP contribution in [0.25, 0.3) is 5.57 Å². The van der Waals surface area contributed by atoms with Crippen LogP contribution >= 0.6 is 0 Å². The predicted molar refractivity (Wildman–Crippen MR) is 130 cm³/mol. The first-order chi connectivity index (χ1) is 16.1. The molecule has 5 heteroatoms. The van der Waals surface area contributed by atoms with Gasteiger partial charge >= 0.3 is 6.18 Å². The number of fused-ring (bicyclic) bond motifs is 4. The molecule has 2 aliphatic carbocycles. The molecular formula is C29H30F3NO. The highest BCUT2D eigenvalue weighted by molar-refractivity contribution is 5.86. The van der Waals surface area contributed by atoms with Crippen LogP contribution in [0.2, 0.25) is 0 Å². The van der Waals surface area contributed by atoms with Gasteiger partial charge in [-0.05, 0) is 73.9 Å². The predicted octanol–water partition coefficient (Wildman–Crippen LogP) is 6.77. The minimum atomic E-state index is -4.34. The molecule has 0 radical (unpaired) electrons. The SMILES string of the molecule is COc1cccc2c1C1=C(C(Cc3cccc(C(F)(F)F)c3)C2)C2C(C)=CC(C)(C)NC2C=C1. The van der Waals surface area contributed by atoms with Crippen molar-refractivity contribution in [1.29, 1.82) is 0 Å². The Morgan fingerprint density at radius 3 is 2.62 bits per heavy atom. The van der Waals surface area contributed by atoms with Crippen LogP contribution in [-0.2, 0) is 19.0 Å². The van der Waals surface area contributed by atoms with E-state index in [0.717, 1.165) is 34.9 Å². The van der Waals surface area contributed by atoms with E-state index in [2.05, 4.69) is 50.4 Å². The maximum atomic E-state index is 13.4. The van der Waals surface area contributed by atoms with Gasteiger partial charge in [-0.1, -0.05) is 54.1 Å². The molecule has 2 nitrogen and oxygen atoms in total. The molecule has 34 heavy (non-hydrogen) atoms. The van der Waals surface area contributed by atoms with Crippen molar-refractivity contribution < 1.29 is 17.9 Å². The Balaban J connectivity index is 1.64. The summed E-state index contributed by atoms with van der Waals surface area (Å²) in [4.78, 5) is 0. The van der Waals surface area contributed by atoms with Crippen molar-refractivity contribution in [2.24, 2.45) is 11.8 Å². The molecule has 0 saturated heterocycles. The lowest BCUT2D eigenvalue weighted by atomic mass is 9.64. The van der Waals surface area contributed by atoms with Crippen molar-refractivity contribution in [2.45, 2.75) is 51.4 Å². The number of alkyl halides is 3. The van der Waals surface area contributed by atoms with Crippen LogP contribution in [0.15, 0.2) is 71.8 Å². The second kappa shape index (κ2) is 8.16. The van der Waals surface area contributed by atoms with Crippen molar-refractivity contribution >= 4 is 5.57 Å². The summed E-state index contributed by atoms with van der Waals surface area (Å²) in [6.45, 7) is 6.52. The van der Waals surface area contributed by atoms with Crippen molar-refractivity contribution in [1.82, 2.24) is 5.32 Å². The fourth-order valence-electron chi connectivity index (χ4n) is 6.20. The number of methoxy groups -OCH3 is 1. The summed E-state index contributed by atoms with van der Waals surface area (Å²) in [7, 11) is 1.69. The number of ether oxygens (including phenoxy) is 1. The van der Waals surface area contributed by atoms with E-state index < -0.39 is 11.7 Å². The van der Waals surface area contributed by atoms with Crippen LogP contribution < -0.4 is 10.1 Å². The van der Waals surface area contributed by atoms with Gasteiger partial charge in [-0.25, -0.2) is 0 Å². The summed E-state index contributed by atoms with van der Waals surface area (Å²) >= 11 is 0. The van der Waals surface area contributed by atoms with E-state index in [0.29, 0.717) is 6.42 Å². The highest BCUT2D eigenvalue weighted by atomic mass is 19.4. The summed E-state index contributed by atoms with van der Waals surface area (Å²) in [5.41, 5.74) is 6.08. The molecule has 0 spiro atoms. The molecule has 3 unspecified atom stereocenters. The second-order valence-electron chi connectivity index (χ2n) is 10.3. The van der Waals surface area contributed by atoms with Gasteiger partial charge in [0.2, 0.25) is 0 Å². The summed E-state index contributed by atoms with van der Waals surface area (Å²) in [6, 6.07) is 12.0. The van der Waals surface area contributed by atoms with Crippen molar-refractivity contribution in [3.63, 3.8) is 0 Å². The Morgan fingerprint density at radius 1 is 1.12 bits per heavy atom. The highest BCUT2D eigenvalue weighted by Crippen LogP contribution is 2.50. The van der Waals surface area contributed by atoms with Crippen LogP contribution in [0.3, 0.4) is 0 Å². The van der Waals surface area contributed by atoms with E-state index in [1.807, 2.05) is 18.2 Å². The zero-order valence-corrected chi connectivity index (χ0v) is 20.0. The first-order valence-corrected chi connectivity index (χ1v) is 11.8. The van der Waals surface area contributed by atoms with Gasteiger partial charge in [0, 0.05) is 23.1 Å². The maximum absolute atomic E-state index is 13.4. The Labute approximate surface area is 199 Å². The summed E-state index contributed by atoms with van der Waals surface area (Å²) in [6.07, 6.45) is 3.71. The van der Waals surface area contributed by atoms with Crippen molar-refractivity contribution in [3.8, 4) is 5.75 Å². The molecule has 1 heterocycles. The second-order valence-corrected chi connectivity index (χ2v) is 10.3. The number of hydrogen-bond acceptors (Lipinski definition) is 2. The monoisotopic (exact) mass is 465 g/mol.